The number of alkyl halides is 10. The Kier molecular flexibility index (Phi) is 5.70. The zero-order valence-electron chi connectivity index (χ0n) is 10.3. The van der Waals surface area contributed by atoms with Crippen molar-refractivity contribution in [3.05, 3.63) is 12.4 Å². The largest absolute Gasteiger partial charge is 0.441 e. The lowest BCUT2D eigenvalue weighted by atomic mass is 9.90. The zero-order chi connectivity index (χ0) is 19.0. The third-order valence-electron chi connectivity index (χ3n) is 2.33. The van der Waals surface area contributed by atoms with E-state index in [1.807, 2.05) is 6.58 Å². The molecule has 0 saturated heterocycles. The summed E-state index contributed by atoms with van der Waals surface area (Å²) >= 11 is 0. The SMILES string of the molecule is C=C(F)C(=O)OC(C(F)(F)F)C(F)(F)C(O)(C(F)F)C(F)(F)F. The molecule has 0 aromatic carbocycles. The predicted molar refractivity (Wildman–Crippen MR) is 48.1 cm³/mol. The molecule has 14 heteroatoms. The number of aliphatic hydroxyl groups is 1. The Hall–Kier alpha value is -1.60. The van der Waals surface area contributed by atoms with Crippen LogP contribution >= 0.6 is 0 Å². The maximum atomic E-state index is 13.4. The van der Waals surface area contributed by atoms with Gasteiger partial charge in [-0.3, -0.25) is 0 Å². The normalized spacial score (nSPS) is 17.6. The van der Waals surface area contributed by atoms with Crippen LogP contribution in [0.5, 0.6) is 0 Å². The van der Waals surface area contributed by atoms with Gasteiger partial charge >= 0.3 is 24.2 Å². The number of esters is 1. The highest BCUT2D eigenvalue weighted by molar-refractivity contribution is 5.85. The Balaban J connectivity index is 6.21. The number of hydrogen-bond donors (Lipinski definition) is 1. The van der Waals surface area contributed by atoms with Gasteiger partial charge in [-0.15, -0.1) is 0 Å². The van der Waals surface area contributed by atoms with E-state index in [0.29, 0.717) is 0 Å². The first-order valence-corrected chi connectivity index (χ1v) is 4.97. The molecule has 2 unspecified atom stereocenters. The molecular formula is C9H5F11O3. The van der Waals surface area contributed by atoms with Crippen LogP contribution in [-0.4, -0.2) is 47.5 Å². The summed E-state index contributed by atoms with van der Waals surface area (Å²) < 4.78 is 140. The number of rotatable bonds is 5. The van der Waals surface area contributed by atoms with Gasteiger partial charge in [-0.2, -0.15) is 39.5 Å². The van der Waals surface area contributed by atoms with Gasteiger partial charge in [0, 0.05) is 0 Å². The van der Waals surface area contributed by atoms with Crippen LogP contribution in [0.3, 0.4) is 0 Å². The molecule has 136 valence electrons. The monoisotopic (exact) mass is 370 g/mol. The van der Waals surface area contributed by atoms with Crippen LogP contribution in [-0.2, 0) is 9.53 Å². The van der Waals surface area contributed by atoms with Gasteiger partial charge in [-0.05, 0) is 0 Å². The number of carbonyl (C=O) groups excluding carboxylic acids is 1. The quantitative estimate of drug-likeness (QED) is 0.460. The second-order valence-electron chi connectivity index (χ2n) is 3.92. The van der Waals surface area contributed by atoms with Gasteiger partial charge < -0.3 is 9.84 Å². The smallest absolute Gasteiger partial charge is 0.431 e. The molecule has 0 fully saturated rings. The molecule has 0 aliphatic carbocycles. The van der Waals surface area contributed by atoms with Crippen molar-refractivity contribution in [3.8, 4) is 0 Å². The van der Waals surface area contributed by atoms with E-state index in [9.17, 15) is 53.1 Å². The molecule has 3 nitrogen and oxygen atoms in total. The van der Waals surface area contributed by atoms with Crippen LogP contribution in [0, 0.1) is 0 Å². The lowest BCUT2D eigenvalue weighted by molar-refractivity contribution is -0.401. The first-order valence-electron chi connectivity index (χ1n) is 4.97. The summed E-state index contributed by atoms with van der Waals surface area (Å²) in [5.41, 5.74) is -6.53. The zero-order valence-corrected chi connectivity index (χ0v) is 10.3. The van der Waals surface area contributed by atoms with Crippen LogP contribution in [0.1, 0.15) is 0 Å². The highest BCUT2D eigenvalue weighted by Crippen LogP contribution is 2.51. The van der Waals surface area contributed by atoms with E-state index in [4.69, 9.17) is 5.11 Å². The molecule has 0 amide bonds. The molecular weight excluding hydrogens is 365 g/mol. The highest BCUT2D eigenvalue weighted by atomic mass is 19.4. The van der Waals surface area contributed by atoms with Gasteiger partial charge in [0.25, 0.3) is 18.1 Å². The third-order valence-corrected chi connectivity index (χ3v) is 2.33. The number of hydrogen-bond acceptors (Lipinski definition) is 3. The lowest BCUT2D eigenvalue weighted by Crippen LogP contribution is -2.70. The molecule has 0 heterocycles. The summed E-state index contributed by atoms with van der Waals surface area (Å²) in [6.45, 7) is 2.03. The van der Waals surface area contributed by atoms with Crippen molar-refractivity contribution in [2.75, 3.05) is 0 Å². The van der Waals surface area contributed by atoms with Gasteiger partial charge in [-0.25, -0.2) is 13.6 Å². The fraction of sp³-hybridized carbons (Fsp3) is 0.667. The van der Waals surface area contributed by atoms with E-state index < -0.39 is 48.2 Å². The second-order valence-corrected chi connectivity index (χ2v) is 3.92. The van der Waals surface area contributed by atoms with Crippen LogP contribution < -0.4 is 0 Å². The number of halogens is 11. The molecule has 0 aliphatic heterocycles. The summed E-state index contributed by atoms with van der Waals surface area (Å²) in [5, 5.41) is 8.51. The molecule has 0 saturated carbocycles. The molecule has 0 aromatic heterocycles. The van der Waals surface area contributed by atoms with Gasteiger partial charge in [0.1, 0.15) is 0 Å². The molecule has 0 radical (unpaired) electrons. The van der Waals surface area contributed by atoms with Crippen LogP contribution in [0.15, 0.2) is 12.4 Å². The maximum Gasteiger partial charge on any atom is 0.431 e. The number of carbonyl (C=O) groups is 1. The summed E-state index contributed by atoms with van der Waals surface area (Å²) in [6, 6.07) is 0. The summed E-state index contributed by atoms with van der Waals surface area (Å²) in [5.74, 6) is -12.1. The second kappa shape index (κ2) is 6.13. The Morgan fingerprint density at radius 3 is 1.61 bits per heavy atom. The van der Waals surface area contributed by atoms with Crippen LogP contribution in [0.4, 0.5) is 48.3 Å². The predicted octanol–water partition coefficient (Wildman–Crippen LogP) is 3.14. The van der Waals surface area contributed by atoms with Crippen molar-refractivity contribution in [2.24, 2.45) is 0 Å². The van der Waals surface area contributed by atoms with Gasteiger partial charge in [0.2, 0.25) is 5.83 Å². The average molecular weight is 370 g/mol. The molecule has 2 atom stereocenters. The Bertz CT molecular complexity index is 466. The minimum atomic E-state index is -6.96. The summed E-state index contributed by atoms with van der Waals surface area (Å²) in [6.07, 6.45) is -24.2. The van der Waals surface area contributed by atoms with Gasteiger partial charge in [0.15, 0.2) is 0 Å². The Morgan fingerprint density at radius 1 is 1.00 bits per heavy atom. The van der Waals surface area contributed by atoms with Crippen molar-refractivity contribution in [2.45, 2.75) is 36.4 Å². The minimum Gasteiger partial charge on any atom is -0.441 e. The molecule has 0 aliphatic rings. The Labute approximate surface area is 119 Å². The van der Waals surface area contributed by atoms with Gasteiger partial charge in [-0.1, -0.05) is 6.58 Å². The minimum absolute atomic E-state index is 2.03. The molecule has 23 heavy (non-hydrogen) atoms. The molecule has 0 bridgehead atoms. The maximum absolute atomic E-state index is 13.4. The molecule has 1 N–H and O–H groups in total. The van der Waals surface area contributed by atoms with E-state index in [-0.39, 0.29) is 0 Å². The topological polar surface area (TPSA) is 46.5 Å². The highest BCUT2D eigenvalue weighted by Gasteiger charge is 2.81. The van der Waals surface area contributed by atoms with Gasteiger partial charge in [0.05, 0.1) is 0 Å². The fourth-order valence-corrected chi connectivity index (χ4v) is 1.18. The van der Waals surface area contributed by atoms with E-state index >= 15 is 0 Å². The van der Waals surface area contributed by atoms with E-state index in [2.05, 4.69) is 4.74 Å². The lowest BCUT2D eigenvalue weighted by Gasteiger charge is -2.39. The van der Waals surface area contributed by atoms with E-state index in [1.165, 1.54) is 0 Å². The number of ether oxygens (including phenoxy) is 1. The summed E-state index contributed by atoms with van der Waals surface area (Å²) in [4.78, 5) is 10.5. The van der Waals surface area contributed by atoms with Crippen molar-refractivity contribution in [3.63, 3.8) is 0 Å². The fourth-order valence-electron chi connectivity index (χ4n) is 1.18. The van der Waals surface area contributed by atoms with Crippen molar-refractivity contribution >= 4 is 5.97 Å². The van der Waals surface area contributed by atoms with Crippen molar-refractivity contribution in [1.82, 2.24) is 0 Å². The van der Waals surface area contributed by atoms with E-state index in [1.54, 1.807) is 0 Å². The first kappa shape index (κ1) is 21.4. The molecule has 0 aromatic rings. The van der Waals surface area contributed by atoms with E-state index in [0.717, 1.165) is 0 Å². The first-order chi connectivity index (χ1) is 9.90. The summed E-state index contributed by atoms with van der Waals surface area (Å²) in [7, 11) is 0. The molecule has 0 rings (SSSR count). The van der Waals surface area contributed by atoms with Crippen molar-refractivity contribution < 1.29 is 62.9 Å². The van der Waals surface area contributed by atoms with Crippen LogP contribution in [0.25, 0.3) is 0 Å². The van der Waals surface area contributed by atoms with Crippen LogP contribution in [0.2, 0.25) is 0 Å². The molecule has 0 spiro atoms. The Morgan fingerprint density at radius 2 is 1.39 bits per heavy atom. The average Bonchev–Trinajstić information content (AvgIpc) is 2.30. The third kappa shape index (κ3) is 3.84. The standard InChI is InChI=1S/C9H5F11O3/c1-2(10)3(21)23-4(8(15,16)17)7(13,14)6(22,5(11)12)9(18,19)20/h4-5,22H,1H2. The van der Waals surface area contributed by atoms with Crippen molar-refractivity contribution in [1.29, 1.82) is 0 Å².